The van der Waals surface area contributed by atoms with Crippen molar-refractivity contribution >= 4 is 34.5 Å². The number of halogens is 1. The second kappa shape index (κ2) is 10.2. The number of hydrogen-bond acceptors (Lipinski definition) is 6. The molecule has 0 saturated heterocycles. The standard InChI is InChI=1S/C18H24ClN3O3S/c1-4-5-13-8-16(24-3)17(25-7-6-20-12(2)23)9-15(13)21-10-14-11-22-18(19)26-14/h8-9,11,21H,4-7,10H2,1-3H3,(H,20,23). The molecule has 1 aromatic heterocycles. The van der Waals surface area contributed by atoms with Crippen molar-refractivity contribution in [3.8, 4) is 11.5 Å². The number of benzene rings is 1. The molecule has 0 saturated carbocycles. The summed E-state index contributed by atoms with van der Waals surface area (Å²) in [5.74, 6) is 1.25. The number of nitrogens with one attached hydrogen (secondary N) is 2. The normalized spacial score (nSPS) is 10.5. The van der Waals surface area contributed by atoms with Crippen LogP contribution in [0.3, 0.4) is 0 Å². The van der Waals surface area contributed by atoms with Crippen molar-refractivity contribution in [2.45, 2.75) is 33.2 Å². The van der Waals surface area contributed by atoms with Crippen LogP contribution in [0.5, 0.6) is 11.5 Å². The predicted molar refractivity (Wildman–Crippen MR) is 106 cm³/mol. The van der Waals surface area contributed by atoms with Gasteiger partial charge in [-0.3, -0.25) is 4.79 Å². The van der Waals surface area contributed by atoms with E-state index in [1.165, 1.54) is 18.3 Å². The van der Waals surface area contributed by atoms with Crippen LogP contribution in [-0.4, -0.2) is 31.2 Å². The van der Waals surface area contributed by atoms with Gasteiger partial charge in [-0.15, -0.1) is 11.3 Å². The van der Waals surface area contributed by atoms with Crippen molar-refractivity contribution in [2.75, 3.05) is 25.6 Å². The van der Waals surface area contributed by atoms with Gasteiger partial charge in [0, 0.05) is 29.8 Å². The van der Waals surface area contributed by atoms with Crippen molar-refractivity contribution in [3.05, 3.63) is 33.2 Å². The third-order valence-electron chi connectivity index (χ3n) is 3.62. The summed E-state index contributed by atoms with van der Waals surface area (Å²) in [5, 5.41) is 6.14. The Balaban J connectivity index is 2.14. The summed E-state index contributed by atoms with van der Waals surface area (Å²) in [5.41, 5.74) is 2.15. The lowest BCUT2D eigenvalue weighted by Crippen LogP contribution is -2.25. The van der Waals surface area contributed by atoms with Crippen molar-refractivity contribution < 1.29 is 14.3 Å². The van der Waals surface area contributed by atoms with Gasteiger partial charge in [-0.05, 0) is 18.1 Å². The number of rotatable bonds is 10. The Morgan fingerprint density at radius 1 is 1.35 bits per heavy atom. The maximum atomic E-state index is 11.0. The molecular weight excluding hydrogens is 374 g/mol. The molecule has 6 nitrogen and oxygen atoms in total. The zero-order chi connectivity index (χ0) is 18.9. The fourth-order valence-corrected chi connectivity index (χ4v) is 3.37. The Kier molecular flexibility index (Phi) is 8.00. The zero-order valence-electron chi connectivity index (χ0n) is 15.2. The largest absolute Gasteiger partial charge is 0.493 e. The number of amides is 1. The molecule has 1 amide bonds. The highest BCUT2D eigenvalue weighted by Gasteiger charge is 2.12. The van der Waals surface area contributed by atoms with E-state index in [-0.39, 0.29) is 5.91 Å². The zero-order valence-corrected chi connectivity index (χ0v) is 16.8. The summed E-state index contributed by atoms with van der Waals surface area (Å²) in [6.07, 6.45) is 3.72. The van der Waals surface area contributed by atoms with E-state index in [0.29, 0.717) is 35.7 Å². The van der Waals surface area contributed by atoms with Crippen molar-refractivity contribution in [1.29, 1.82) is 0 Å². The number of carbonyl (C=O) groups excluding carboxylic acids is 1. The van der Waals surface area contributed by atoms with Crippen LogP contribution in [0.2, 0.25) is 4.47 Å². The Hall–Kier alpha value is -1.99. The van der Waals surface area contributed by atoms with Gasteiger partial charge in [0.1, 0.15) is 6.61 Å². The second-order valence-corrected chi connectivity index (χ2v) is 7.37. The molecule has 0 aliphatic rings. The Morgan fingerprint density at radius 2 is 2.15 bits per heavy atom. The fourth-order valence-electron chi connectivity index (χ4n) is 2.45. The van der Waals surface area contributed by atoms with Gasteiger partial charge >= 0.3 is 0 Å². The van der Waals surface area contributed by atoms with E-state index in [2.05, 4.69) is 22.5 Å². The maximum Gasteiger partial charge on any atom is 0.216 e. The predicted octanol–water partition coefficient (Wildman–Crippen LogP) is 3.88. The topological polar surface area (TPSA) is 72.5 Å². The van der Waals surface area contributed by atoms with E-state index < -0.39 is 0 Å². The molecule has 0 aliphatic heterocycles. The number of hydrogen-bond donors (Lipinski definition) is 2. The van der Waals surface area contributed by atoms with Gasteiger partial charge in [0.25, 0.3) is 0 Å². The number of aryl methyl sites for hydroxylation is 1. The van der Waals surface area contributed by atoms with Crippen LogP contribution < -0.4 is 20.1 Å². The molecule has 0 radical (unpaired) electrons. The van der Waals surface area contributed by atoms with Crippen LogP contribution in [0, 0.1) is 0 Å². The number of aromatic nitrogens is 1. The van der Waals surface area contributed by atoms with Crippen LogP contribution in [0.15, 0.2) is 18.3 Å². The van der Waals surface area contributed by atoms with E-state index in [9.17, 15) is 4.79 Å². The second-order valence-electron chi connectivity index (χ2n) is 5.67. The molecule has 8 heteroatoms. The van der Waals surface area contributed by atoms with E-state index in [4.69, 9.17) is 21.1 Å². The van der Waals surface area contributed by atoms with E-state index in [0.717, 1.165) is 29.0 Å². The van der Waals surface area contributed by atoms with Gasteiger partial charge < -0.3 is 20.1 Å². The molecule has 2 aromatic rings. The molecule has 1 heterocycles. The number of nitrogens with zero attached hydrogens (tertiary/aromatic N) is 1. The van der Waals surface area contributed by atoms with Gasteiger partial charge in [0.2, 0.25) is 5.91 Å². The molecular formula is C18H24ClN3O3S. The molecule has 0 fully saturated rings. The number of methoxy groups -OCH3 is 1. The molecule has 0 atom stereocenters. The Bertz CT molecular complexity index is 736. The smallest absolute Gasteiger partial charge is 0.216 e. The number of ether oxygens (including phenoxy) is 2. The highest BCUT2D eigenvalue weighted by molar-refractivity contribution is 7.15. The van der Waals surface area contributed by atoms with Crippen LogP contribution in [0.25, 0.3) is 0 Å². The highest BCUT2D eigenvalue weighted by Crippen LogP contribution is 2.34. The molecule has 1 aromatic carbocycles. The molecule has 26 heavy (non-hydrogen) atoms. The molecule has 2 N–H and O–H groups in total. The van der Waals surface area contributed by atoms with Crippen molar-refractivity contribution in [3.63, 3.8) is 0 Å². The summed E-state index contributed by atoms with van der Waals surface area (Å²) >= 11 is 7.35. The van der Waals surface area contributed by atoms with Crippen LogP contribution in [0.4, 0.5) is 5.69 Å². The van der Waals surface area contributed by atoms with Crippen molar-refractivity contribution in [1.82, 2.24) is 10.3 Å². The van der Waals surface area contributed by atoms with Gasteiger partial charge in [0.05, 0.1) is 20.2 Å². The van der Waals surface area contributed by atoms with Crippen molar-refractivity contribution in [2.24, 2.45) is 0 Å². The lowest BCUT2D eigenvalue weighted by molar-refractivity contribution is -0.119. The number of carbonyl (C=O) groups is 1. The molecule has 2 rings (SSSR count). The summed E-state index contributed by atoms with van der Waals surface area (Å²) < 4.78 is 11.8. The summed E-state index contributed by atoms with van der Waals surface area (Å²) in [4.78, 5) is 16.1. The fraction of sp³-hybridized carbons (Fsp3) is 0.444. The maximum absolute atomic E-state index is 11.0. The van der Waals surface area contributed by atoms with E-state index in [1.807, 2.05) is 12.1 Å². The molecule has 0 spiro atoms. The first kappa shape index (κ1) is 20.3. The van der Waals surface area contributed by atoms with E-state index in [1.54, 1.807) is 13.3 Å². The minimum Gasteiger partial charge on any atom is -0.493 e. The average molecular weight is 398 g/mol. The number of anilines is 1. The van der Waals surface area contributed by atoms with Gasteiger partial charge in [-0.25, -0.2) is 4.98 Å². The first-order valence-corrected chi connectivity index (χ1v) is 9.65. The van der Waals surface area contributed by atoms with Gasteiger partial charge in [-0.1, -0.05) is 24.9 Å². The molecule has 0 bridgehead atoms. The summed E-state index contributed by atoms with van der Waals surface area (Å²) in [7, 11) is 1.62. The lowest BCUT2D eigenvalue weighted by Gasteiger charge is -2.17. The third kappa shape index (κ3) is 6.07. The molecule has 142 valence electrons. The Morgan fingerprint density at radius 3 is 2.77 bits per heavy atom. The quantitative estimate of drug-likeness (QED) is 0.595. The molecule has 0 unspecified atom stereocenters. The third-order valence-corrected chi connectivity index (χ3v) is 4.74. The van der Waals surface area contributed by atoms with Crippen LogP contribution >= 0.6 is 22.9 Å². The first-order chi connectivity index (χ1) is 12.5. The van der Waals surface area contributed by atoms with Crippen LogP contribution in [-0.2, 0) is 17.8 Å². The van der Waals surface area contributed by atoms with E-state index >= 15 is 0 Å². The summed E-state index contributed by atoms with van der Waals surface area (Å²) in [6, 6.07) is 3.94. The lowest BCUT2D eigenvalue weighted by atomic mass is 10.1. The number of thiazole rings is 1. The monoisotopic (exact) mass is 397 g/mol. The van der Waals surface area contributed by atoms with Gasteiger partial charge in [-0.2, -0.15) is 0 Å². The molecule has 0 aliphatic carbocycles. The SMILES string of the molecule is CCCc1cc(OC)c(OCCNC(C)=O)cc1NCc1cnc(Cl)s1. The first-order valence-electron chi connectivity index (χ1n) is 8.45. The Labute approximate surface area is 162 Å². The van der Waals surface area contributed by atoms with Crippen LogP contribution in [0.1, 0.15) is 30.7 Å². The highest BCUT2D eigenvalue weighted by atomic mass is 35.5. The average Bonchev–Trinajstić information content (AvgIpc) is 3.03. The summed E-state index contributed by atoms with van der Waals surface area (Å²) in [6.45, 7) is 5.06. The minimum absolute atomic E-state index is 0.0792. The van der Waals surface area contributed by atoms with Gasteiger partial charge in [0.15, 0.2) is 16.0 Å². The minimum atomic E-state index is -0.0792.